The molecular weight excluding hydrogens is 448 g/mol. The molecule has 1 amide bonds. The van der Waals surface area contributed by atoms with Crippen molar-refractivity contribution < 1.29 is 18.3 Å². The highest BCUT2D eigenvalue weighted by molar-refractivity contribution is 7.99. The van der Waals surface area contributed by atoms with Crippen LogP contribution in [0, 0.1) is 5.92 Å². The fourth-order valence-electron chi connectivity index (χ4n) is 4.04. The Balaban J connectivity index is 1.56. The molecule has 0 unspecified atom stereocenters. The van der Waals surface area contributed by atoms with Gasteiger partial charge in [0.1, 0.15) is 5.75 Å². The third-order valence-electron chi connectivity index (χ3n) is 5.71. The van der Waals surface area contributed by atoms with Crippen LogP contribution in [0.1, 0.15) is 32.1 Å². The standard InChI is InChI=1S/C24H25F2N3O3S/c25-23(26)32-18-12-10-17(11-13-18)29-22(31)19-8-4-5-9-20(19)28-24(29)33-15-21(30)27-14-16-6-2-1-3-7-16/h4-5,8-13,16,23H,1-3,6-7,14-15H2,(H,27,30). The molecule has 1 aromatic heterocycles. The van der Waals surface area contributed by atoms with Gasteiger partial charge in [0, 0.05) is 6.54 Å². The normalized spacial score (nSPS) is 14.5. The summed E-state index contributed by atoms with van der Waals surface area (Å²) in [7, 11) is 0. The maximum Gasteiger partial charge on any atom is 0.387 e. The second kappa shape index (κ2) is 10.8. The van der Waals surface area contributed by atoms with Crippen molar-refractivity contribution in [2.75, 3.05) is 12.3 Å². The summed E-state index contributed by atoms with van der Waals surface area (Å²) in [5, 5.41) is 3.78. The fraction of sp³-hybridized carbons (Fsp3) is 0.375. The highest BCUT2D eigenvalue weighted by atomic mass is 32.2. The number of ether oxygens (including phenoxy) is 1. The van der Waals surface area contributed by atoms with Gasteiger partial charge in [0.05, 0.1) is 22.3 Å². The van der Waals surface area contributed by atoms with Gasteiger partial charge in [-0.1, -0.05) is 43.2 Å². The number of para-hydroxylation sites is 1. The number of nitrogens with zero attached hydrogens (tertiary/aromatic N) is 2. The second-order valence-corrected chi connectivity index (χ2v) is 8.96. The first-order valence-electron chi connectivity index (χ1n) is 11.0. The predicted octanol–water partition coefficient (Wildman–Crippen LogP) is 4.78. The summed E-state index contributed by atoms with van der Waals surface area (Å²) < 4.78 is 30.7. The van der Waals surface area contributed by atoms with Crippen molar-refractivity contribution in [3.05, 3.63) is 58.9 Å². The summed E-state index contributed by atoms with van der Waals surface area (Å²) in [6.07, 6.45) is 5.98. The number of thioether (sulfide) groups is 1. The van der Waals surface area contributed by atoms with Crippen LogP contribution in [-0.2, 0) is 4.79 Å². The van der Waals surface area contributed by atoms with Crippen LogP contribution >= 0.6 is 11.8 Å². The van der Waals surface area contributed by atoms with E-state index < -0.39 is 6.61 Å². The number of aromatic nitrogens is 2. The van der Waals surface area contributed by atoms with Crippen LogP contribution in [0.4, 0.5) is 8.78 Å². The number of carbonyl (C=O) groups is 1. The van der Waals surface area contributed by atoms with E-state index in [0.717, 1.165) is 12.8 Å². The molecule has 1 fully saturated rings. The third-order valence-corrected chi connectivity index (χ3v) is 6.65. The molecule has 6 nitrogen and oxygen atoms in total. The molecule has 33 heavy (non-hydrogen) atoms. The zero-order valence-corrected chi connectivity index (χ0v) is 18.8. The molecule has 174 valence electrons. The van der Waals surface area contributed by atoms with Crippen LogP contribution in [0.3, 0.4) is 0 Å². The van der Waals surface area contributed by atoms with E-state index in [9.17, 15) is 18.4 Å². The quantitative estimate of drug-likeness (QED) is 0.377. The Morgan fingerprint density at radius 1 is 1.12 bits per heavy atom. The van der Waals surface area contributed by atoms with Crippen LogP contribution in [0.15, 0.2) is 58.5 Å². The Morgan fingerprint density at radius 3 is 2.58 bits per heavy atom. The lowest BCUT2D eigenvalue weighted by molar-refractivity contribution is -0.118. The predicted molar refractivity (Wildman–Crippen MR) is 124 cm³/mol. The lowest BCUT2D eigenvalue weighted by atomic mass is 9.89. The summed E-state index contributed by atoms with van der Waals surface area (Å²) in [6, 6.07) is 12.7. The number of fused-ring (bicyclic) bond motifs is 1. The minimum Gasteiger partial charge on any atom is -0.435 e. The summed E-state index contributed by atoms with van der Waals surface area (Å²) >= 11 is 1.17. The molecule has 2 aromatic carbocycles. The van der Waals surface area contributed by atoms with Gasteiger partial charge in [0.2, 0.25) is 5.91 Å². The topological polar surface area (TPSA) is 73.2 Å². The molecular formula is C24H25F2N3O3S. The highest BCUT2D eigenvalue weighted by Gasteiger charge is 2.17. The SMILES string of the molecule is O=C(CSc1nc2ccccc2c(=O)n1-c1ccc(OC(F)F)cc1)NCC1CCCCC1. The smallest absolute Gasteiger partial charge is 0.387 e. The minimum atomic E-state index is -2.93. The van der Waals surface area contributed by atoms with Crippen molar-refractivity contribution in [3.63, 3.8) is 0 Å². The number of rotatable bonds is 8. The Bertz CT molecular complexity index is 1160. The van der Waals surface area contributed by atoms with E-state index in [2.05, 4.69) is 15.0 Å². The number of nitrogens with one attached hydrogen (secondary N) is 1. The Hall–Kier alpha value is -2.94. The molecule has 0 radical (unpaired) electrons. The number of benzene rings is 2. The van der Waals surface area contributed by atoms with Gasteiger partial charge in [0.15, 0.2) is 5.16 Å². The van der Waals surface area contributed by atoms with Crippen LogP contribution in [0.5, 0.6) is 5.75 Å². The molecule has 1 N–H and O–H groups in total. The molecule has 0 aliphatic heterocycles. The molecule has 1 heterocycles. The molecule has 9 heteroatoms. The van der Waals surface area contributed by atoms with Crippen LogP contribution in [0.25, 0.3) is 16.6 Å². The summed E-state index contributed by atoms with van der Waals surface area (Å²) in [5.74, 6) is 0.523. The lowest BCUT2D eigenvalue weighted by Gasteiger charge is -2.21. The Morgan fingerprint density at radius 2 is 1.85 bits per heavy atom. The van der Waals surface area contributed by atoms with E-state index in [1.807, 2.05) is 0 Å². The zero-order chi connectivity index (χ0) is 23.2. The largest absolute Gasteiger partial charge is 0.435 e. The molecule has 1 saturated carbocycles. The van der Waals surface area contributed by atoms with Crippen molar-refractivity contribution in [2.24, 2.45) is 5.92 Å². The second-order valence-electron chi connectivity index (χ2n) is 8.02. The molecule has 4 rings (SSSR count). The monoisotopic (exact) mass is 473 g/mol. The van der Waals surface area contributed by atoms with Gasteiger partial charge in [-0.2, -0.15) is 8.78 Å². The van der Waals surface area contributed by atoms with Gasteiger partial charge in [-0.15, -0.1) is 0 Å². The Labute approximate surface area is 194 Å². The highest BCUT2D eigenvalue weighted by Crippen LogP contribution is 2.24. The molecule has 0 spiro atoms. The first-order valence-corrected chi connectivity index (χ1v) is 12.0. The van der Waals surface area contributed by atoms with E-state index >= 15 is 0 Å². The van der Waals surface area contributed by atoms with Crippen LogP contribution < -0.4 is 15.6 Å². The van der Waals surface area contributed by atoms with Gasteiger partial charge >= 0.3 is 6.61 Å². The maximum atomic E-state index is 13.2. The average Bonchev–Trinajstić information content (AvgIpc) is 2.82. The van der Waals surface area contributed by atoms with Crippen molar-refractivity contribution in [1.82, 2.24) is 14.9 Å². The number of carbonyl (C=O) groups excluding carboxylic acids is 1. The number of hydrogen-bond acceptors (Lipinski definition) is 5. The first kappa shape index (κ1) is 23.2. The van der Waals surface area contributed by atoms with E-state index in [4.69, 9.17) is 0 Å². The fourth-order valence-corrected chi connectivity index (χ4v) is 4.89. The molecule has 3 aromatic rings. The number of hydrogen-bond donors (Lipinski definition) is 1. The summed E-state index contributed by atoms with van der Waals surface area (Å²) in [6.45, 7) is -2.26. The van der Waals surface area contributed by atoms with Crippen LogP contribution in [0.2, 0.25) is 0 Å². The van der Waals surface area contributed by atoms with E-state index in [1.165, 1.54) is 59.9 Å². The van der Waals surface area contributed by atoms with Gasteiger partial charge < -0.3 is 10.1 Å². The lowest BCUT2D eigenvalue weighted by Crippen LogP contribution is -2.31. The molecule has 0 atom stereocenters. The molecule has 0 saturated heterocycles. The molecule has 1 aliphatic carbocycles. The third kappa shape index (κ3) is 5.90. The average molecular weight is 474 g/mol. The van der Waals surface area contributed by atoms with Gasteiger partial charge in [-0.05, 0) is 55.2 Å². The number of amides is 1. The first-order chi connectivity index (χ1) is 16.0. The number of halogens is 2. The molecule has 1 aliphatic rings. The number of alkyl halides is 2. The van der Waals surface area contributed by atoms with E-state index in [0.29, 0.717) is 34.2 Å². The maximum absolute atomic E-state index is 13.2. The van der Waals surface area contributed by atoms with E-state index in [-0.39, 0.29) is 23.0 Å². The summed E-state index contributed by atoms with van der Waals surface area (Å²) in [4.78, 5) is 30.3. The van der Waals surface area contributed by atoms with E-state index in [1.54, 1.807) is 24.3 Å². The molecule has 0 bridgehead atoms. The van der Waals surface area contributed by atoms with Gasteiger partial charge in [-0.3, -0.25) is 14.2 Å². The van der Waals surface area contributed by atoms with Crippen molar-refractivity contribution in [1.29, 1.82) is 0 Å². The Kier molecular flexibility index (Phi) is 7.59. The zero-order valence-electron chi connectivity index (χ0n) is 18.0. The van der Waals surface area contributed by atoms with Crippen molar-refractivity contribution >= 4 is 28.6 Å². The minimum absolute atomic E-state index is 0.00755. The van der Waals surface area contributed by atoms with Crippen molar-refractivity contribution in [2.45, 2.75) is 43.9 Å². The van der Waals surface area contributed by atoms with Gasteiger partial charge in [-0.25, -0.2) is 4.98 Å². The van der Waals surface area contributed by atoms with Crippen molar-refractivity contribution in [3.8, 4) is 11.4 Å². The van der Waals surface area contributed by atoms with Gasteiger partial charge in [0.25, 0.3) is 5.56 Å². The van der Waals surface area contributed by atoms with Crippen LogP contribution in [-0.4, -0.2) is 34.4 Å². The summed E-state index contributed by atoms with van der Waals surface area (Å²) in [5.41, 5.74) is 0.680.